The van der Waals surface area contributed by atoms with E-state index in [1.165, 1.54) is 25.4 Å². The molecule has 0 spiro atoms. The minimum atomic E-state index is -0.274. The Morgan fingerprint density at radius 3 is 2.46 bits per heavy atom. The number of aromatic nitrogens is 1. The highest BCUT2D eigenvalue weighted by Crippen LogP contribution is 2.27. The quantitative estimate of drug-likeness (QED) is 0.713. The Morgan fingerprint density at radius 1 is 1.04 bits per heavy atom. The number of carbonyl (C=O) groups excluding carboxylic acids is 2. The van der Waals surface area contributed by atoms with Crippen molar-refractivity contribution in [3.8, 4) is 17.0 Å². The van der Waals surface area contributed by atoms with Gasteiger partial charge in [0, 0.05) is 23.6 Å². The van der Waals surface area contributed by atoms with Crippen molar-refractivity contribution in [3.63, 3.8) is 0 Å². The summed E-state index contributed by atoms with van der Waals surface area (Å²) in [6.45, 7) is 1.46. The molecule has 0 saturated heterocycles. The zero-order valence-electron chi connectivity index (χ0n) is 14.3. The van der Waals surface area contributed by atoms with Crippen LogP contribution in [0.25, 0.3) is 11.3 Å². The molecule has 1 aromatic heterocycles. The van der Waals surface area contributed by atoms with Gasteiger partial charge in [-0.3, -0.25) is 14.9 Å². The second kappa shape index (κ2) is 7.79. The van der Waals surface area contributed by atoms with Crippen molar-refractivity contribution in [2.45, 2.75) is 6.92 Å². The Morgan fingerprint density at radius 2 is 1.77 bits per heavy atom. The topological polar surface area (TPSA) is 80.3 Å². The molecular formula is C19H17N3O3S. The first-order valence-electron chi connectivity index (χ1n) is 7.85. The van der Waals surface area contributed by atoms with Crippen LogP contribution in [0.2, 0.25) is 0 Å². The van der Waals surface area contributed by atoms with Gasteiger partial charge in [0.1, 0.15) is 5.75 Å². The summed E-state index contributed by atoms with van der Waals surface area (Å²) in [5.74, 6) is 0.118. The maximum absolute atomic E-state index is 12.4. The molecule has 2 amide bonds. The molecule has 7 heteroatoms. The Hall–Kier alpha value is -3.19. The van der Waals surface area contributed by atoms with E-state index in [9.17, 15) is 9.59 Å². The number of carbonyl (C=O) groups is 2. The van der Waals surface area contributed by atoms with E-state index < -0.39 is 0 Å². The third-order valence-electron chi connectivity index (χ3n) is 3.58. The van der Waals surface area contributed by atoms with E-state index in [0.717, 1.165) is 16.9 Å². The number of ether oxygens (including phenoxy) is 1. The van der Waals surface area contributed by atoms with Crippen LogP contribution in [0.1, 0.15) is 17.3 Å². The van der Waals surface area contributed by atoms with Gasteiger partial charge in [-0.25, -0.2) is 4.98 Å². The number of amides is 2. The molecule has 0 radical (unpaired) electrons. The molecule has 0 aliphatic rings. The lowest BCUT2D eigenvalue weighted by molar-refractivity contribution is -0.114. The third-order valence-corrected chi connectivity index (χ3v) is 4.34. The highest BCUT2D eigenvalue weighted by molar-refractivity contribution is 7.14. The predicted molar refractivity (Wildman–Crippen MR) is 103 cm³/mol. The van der Waals surface area contributed by atoms with E-state index in [2.05, 4.69) is 15.6 Å². The van der Waals surface area contributed by atoms with Crippen LogP contribution in [0.15, 0.2) is 53.9 Å². The number of nitrogens with zero attached hydrogens (tertiary/aromatic N) is 1. The van der Waals surface area contributed by atoms with Crippen molar-refractivity contribution in [2.75, 3.05) is 17.7 Å². The minimum Gasteiger partial charge on any atom is -0.496 e. The first-order valence-corrected chi connectivity index (χ1v) is 8.72. The van der Waals surface area contributed by atoms with E-state index in [4.69, 9.17) is 4.74 Å². The molecule has 26 heavy (non-hydrogen) atoms. The lowest BCUT2D eigenvalue weighted by Gasteiger charge is -2.07. The normalized spacial score (nSPS) is 10.2. The second-order valence-corrected chi connectivity index (χ2v) is 6.31. The van der Waals surface area contributed by atoms with E-state index in [1.54, 1.807) is 18.2 Å². The van der Waals surface area contributed by atoms with Crippen LogP contribution < -0.4 is 15.4 Å². The van der Waals surface area contributed by atoms with Gasteiger partial charge in [-0.05, 0) is 24.3 Å². The number of methoxy groups -OCH3 is 1. The maximum Gasteiger partial charge on any atom is 0.261 e. The fraction of sp³-hybridized carbons (Fsp3) is 0.105. The van der Waals surface area contributed by atoms with Gasteiger partial charge in [0.2, 0.25) is 5.91 Å². The molecule has 6 nitrogen and oxygen atoms in total. The summed E-state index contributed by atoms with van der Waals surface area (Å²) in [6.07, 6.45) is 0. The number of anilines is 2. The van der Waals surface area contributed by atoms with Gasteiger partial charge >= 0.3 is 0 Å². The first kappa shape index (κ1) is 17.6. The van der Waals surface area contributed by atoms with Gasteiger partial charge in [0.15, 0.2) is 5.13 Å². The zero-order valence-corrected chi connectivity index (χ0v) is 15.1. The summed E-state index contributed by atoms with van der Waals surface area (Å²) in [4.78, 5) is 27.9. The van der Waals surface area contributed by atoms with Gasteiger partial charge in [0.25, 0.3) is 5.91 Å². The Balaban J connectivity index is 1.73. The van der Waals surface area contributed by atoms with Crippen LogP contribution in [0.3, 0.4) is 0 Å². The number of hydrogen-bond donors (Lipinski definition) is 2. The third kappa shape index (κ3) is 4.07. The predicted octanol–water partition coefficient (Wildman–Crippen LogP) is 4.03. The number of rotatable bonds is 5. The van der Waals surface area contributed by atoms with Crippen LogP contribution in [0, 0.1) is 0 Å². The van der Waals surface area contributed by atoms with Crippen molar-refractivity contribution in [1.29, 1.82) is 0 Å². The second-order valence-electron chi connectivity index (χ2n) is 5.45. The molecule has 0 aliphatic carbocycles. The van der Waals surface area contributed by atoms with E-state index in [1.807, 2.05) is 35.7 Å². The van der Waals surface area contributed by atoms with Gasteiger partial charge in [-0.2, -0.15) is 0 Å². The van der Waals surface area contributed by atoms with Crippen LogP contribution in [0.4, 0.5) is 10.8 Å². The molecule has 0 saturated carbocycles. The van der Waals surface area contributed by atoms with Crippen LogP contribution >= 0.6 is 11.3 Å². The monoisotopic (exact) mass is 367 g/mol. The lowest BCUT2D eigenvalue weighted by Crippen LogP contribution is -2.12. The van der Waals surface area contributed by atoms with Crippen molar-refractivity contribution in [3.05, 3.63) is 59.5 Å². The molecule has 132 valence electrons. The fourth-order valence-corrected chi connectivity index (χ4v) is 3.10. The van der Waals surface area contributed by atoms with E-state index >= 15 is 0 Å². The number of thiazole rings is 1. The summed E-state index contributed by atoms with van der Waals surface area (Å²) < 4.78 is 5.21. The summed E-state index contributed by atoms with van der Waals surface area (Å²) in [5.41, 5.74) is 2.82. The molecule has 1 heterocycles. The van der Waals surface area contributed by atoms with Crippen LogP contribution in [-0.2, 0) is 4.79 Å². The standard InChI is InChI=1S/C19H17N3O3S/c1-12(23)20-14-9-7-13(8-10-14)16-11-26-19(21-16)22-18(24)15-5-3-4-6-17(15)25-2/h3-11H,1-2H3,(H,20,23)(H,21,22,24). The zero-order chi connectivity index (χ0) is 18.5. The van der Waals surface area contributed by atoms with Crippen molar-refractivity contribution in [2.24, 2.45) is 0 Å². The fourth-order valence-electron chi connectivity index (χ4n) is 2.39. The number of nitrogens with one attached hydrogen (secondary N) is 2. The average molecular weight is 367 g/mol. The molecule has 0 atom stereocenters. The molecule has 0 unspecified atom stereocenters. The Labute approximate surface area is 154 Å². The van der Waals surface area contributed by atoms with Gasteiger partial charge < -0.3 is 10.1 Å². The number of hydrogen-bond acceptors (Lipinski definition) is 5. The molecular weight excluding hydrogens is 350 g/mol. The molecule has 3 aromatic rings. The van der Waals surface area contributed by atoms with E-state index in [0.29, 0.717) is 16.4 Å². The molecule has 2 aromatic carbocycles. The van der Waals surface area contributed by atoms with Crippen molar-refractivity contribution >= 4 is 34.0 Å². The average Bonchev–Trinajstić information content (AvgIpc) is 3.10. The van der Waals surface area contributed by atoms with Crippen LogP contribution in [0.5, 0.6) is 5.75 Å². The summed E-state index contributed by atoms with van der Waals surface area (Å²) >= 11 is 1.34. The van der Waals surface area contributed by atoms with E-state index in [-0.39, 0.29) is 11.8 Å². The highest BCUT2D eigenvalue weighted by atomic mass is 32.1. The Kier molecular flexibility index (Phi) is 5.28. The van der Waals surface area contributed by atoms with Crippen molar-refractivity contribution < 1.29 is 14.3 Å². The molecule has 0 fully saturated rings. The minimum absolute atomic E-state index is 0.118. The van der Waals surface area contributed by atoms with Crippen molar-refractivity contribution in [1.82, 2.24) is 4.98 Å². The SMILES string of the molecule is COc1ccccc1C(=O)Nc1nc(-c2ccc(NC(C)=O)cc2)cs1. The summed E-state index contributed by atoms with van der Waals surface area (Å²) in [7, 11) is 1.53. The number of benzene rings is 2. The molecule has 0 bridgehead atoms. The van der Waals surface area contributed by atoms with Gasteiger partial charge in [-0.1, -0.05) is 24.3 Å². The first-order chi connectivity index (χ1) is 12.6. The largest absolute Gasteiger partial charge is 0.496 e. The smallest absolute Gasteiger partial charge is 0.261 e. The van der Waals surface area contributed by atoms with Gasteiger partial charge in [0.05, 0.1) is 18.4 Å². The molecule has 3 rings (SSSR count). The highest BCUT2D eigenvalue weighted by Gasteiger charge is 2.14. The summed E-state index contributed by atoms with van der Waals surface area (Å²) in [5, 5.41) is 7.88. The van der Waals surface area contributed by atoms with Crippen LogP contribution in [-0.4, -0.2) is 23.9 Å². The maximum atomic E-state index is 12.4. The lowest BCUT2D eigenvalue weighted by atomic mass is 10.1. The molecule has 2 N–H and O–H groups in total. The number of para-hydroxylation sites is 1. The van der Waals surface area contributed by atoms with Gasteiger partial charge in [-0.15, -0.1) is 11.3 Å². The Bertz CT molecular complexity index is 935. The molecule has 0 aliphatic heterocycles. The summed E-state index contributed by atoms with van der Waals surface area (Å²) in [6, 6.07) is 14.4.